The fourth-order valence-electron chi connectivity index (χ4n) is 3.31. The van der Waals surface area contributed by atoms with Gasteiger partial charge in [-0.3, -0.25) is 4.79 Å². The first-order valence-electron chi connectivity index (χ1n) is 10.0. The van der Waals surface area contributed by atoms with Crippen LogP contribution in [0.4, 0.5) is 10.1 Å². The van der Waals surface area contributed by atoms with Gasteiger partial charge in [0, 0.05) is 23.9 Å². The minimum absolute atomic E-state index is 0.278. The van der Waals surface area contributed by atoms with Crippen LogP contribution >= 0.6 is 11.8 Å². The smallest absolute Gasteiger partial charge is 0.274 e. The summed E-state index contributed by atoms with van der Waals surface area (Å²) in [5.74, 6) is -0.0460. The Morgan fingerprint density at radius 2 is 1.97 bits per heavy atom. The number of anilines is 1. The number of allylic oxidation sites excluding steroid dienone is 2. The molecule has 0 fully saturated rings. The van der Waals surface area contributed by atoms with Crippen molar-refractivity contribution in [3.8, 4) is 22.6 Å². The Balaban J connectivity index is 1.75. The molecular weight excluding hydrogens is 411 g/mol. The summed E-state index contributed by atoms with van der Waals surface area (Å²) in [7, 11) is 1.85. The second-order valence-corrected chi connectivity index (χ2v) is 8.15. The van der Waals surface area contributed by atoms with Gasteiger partial charge in [-0.05, 0) is 67.1 Å². The number of carbonyl (C=O) groups is 1. The third-order valence-corrected chi connectivity index (χ3v) is 6.07. The van der Waals surface area contributed by atoms with E-state index in [1.54, 1.807) is 12.1 Å². The summed E-state index contributed by atoms with van der Waals surface area (Å²) in [5, 5.41) is 8.96. The first kappa shape index (κ1) is 20.9. The van der Waals surface area contributed by atoms with Crippen molar-refractivity contribution in [2.24, 2.45) is 0 Å². The molecule has 5 nitrogen and oxygen atoms in total. The second-order valence-electron chi connectivity index (χ2n) is 7.24. The maximum absolute atomic E-state index is 13.5. The molecule has 4 rings (SSSR count). The average Bonchev–Trinajstić information content (AvgIpc) is 3.14. The summed E-state index contributed by atoms with van der Waals surface area (Å²) >= 11 is 1.50. The fourth-order valence-corrected chi connectivity index (χ4v) is 4.14. The Labute approximate surface area is 184 Å². The van der Waals surface area contributed by atoms with Crippen LogP contribution in [0.1, 0.15) is 30.3 Å². The maximum Gasteiger partial charge on any atom is 0.274 e. The molecule has 0 atom stereocenters. The van der Waals surface area contributed by atoms with Gasteiger partial charge < -0.3 is 15.6 Å². The third kappa shape index (κ3) is 4.72. The van der Waals surface area contributed by atoms with E-state index >= 15 is 0 Å². The van der Waals surface area contributed by atoms with E-state index in [0.717, 1.165) is 34.7 Å². The largest absolute Gasteiger partial charge is 0.388 e. The maximum atomic E-state index is 13.5. The number of nitrogens with zero attached hydrogens (tertiary/aromatic N) is 1. The zero-order chi connectivity index (χ0) is 21.8. The lowest BCUT2D eigenvalue weighted by atomic mass is 10.1. The predicted molar refractivity (Wildman–Crippen MR) is 125 cm³/mol. The number of benzene rings is 2. The first-order valence-corrected chi connectivity index (χ1v) is 10.9. The van der Waals surface area contributed by atoms with Gasteiger partial charge >= 0.3 is 0 Å². The highest BCUT2D eigenvalue weighted by Crippen LogP contribution is 2.30. The molecule has 0 radical (unpaired) electrons. The van der Waals surface area contributed by atoms with E-state index in [1.807, 2.05) is 43.6 Å². The number of aromatic nitrogens is 2. The quantitative estimate of drug-likeness (QED) is 0.466. The number of H-pyrrole nitrogens is 1. The summed E-state index contributed by atoms with van der Waals surface area (Å²) in [6.45, 7) is 2.03. The summed E-state index contributed by atoms with van der Waals surface area (Å²) < 4.78 is 13.5. The van der Waals surface area contributed by atoms with Crippen LogP contribution in [0.25, 0.3) is 22.6 Å². The molecule has 1 aliphatic rings. The van der Waals surface area contributed by atoms with Crippen molar-refractivity contribution in [2.75, 3.05) is 12.4 Å². The zero-order valence-corrected chi connectivity index (χ0v) is 18.1. The first-order chi connectivity index (χ1) is 15.0. The van der Waals surface area contributed by atoms with Gasteiger partial charge in [-0.1, -0.05) is 30.0 Å². The van der Waals surface area contributed by atoms with Gasteiger partial charge in [0.1, 0.15) is 23.0 Å². The molecule has 3 N–H and O–H groups in total. The van der Waals surface area contributed by atoms with E-state index in [4.69, 9.17) is 4.98 Å². The van der Waals surface area contributed by atoms with E-state index in [1.165, 1.54) is 23.9 Å². The van der Waals surface area contributed by atoms with Gasteiger partial charge in [-0.15, -0.1) is 0 Å². The molecule has 0 unspecified atom stereocenters. The van der Waals surface area contributed by atoms with Crippen LogP contribution < -0.4 is 10.6 Å². The molecule has 0 saturated carbocycles. The molecule has 158 valence electrons. The molecule has 1 amide bonds. The van der Waals surface area contributed by atoms with Crippen molar-refractivity contribution in [1.29, 1.82) is 0 Å². The van der Waals surface area contributed by atoms with Crippen LogP contribution in [0.15, 0.2) is 70.6 Å². The van der Waals surface area contributed by atoms with Gasteiger partial charge in [0.15, 0.2) is 0 Å². The molecule has 0 bridgehead atoms. The van der Waals surface area contributed by atoms with E-state index in [0.29, 0.717) is 22.8 Å². The van der Waals surface area contributed by atoms with Crippen molar-refractivity contribution < 1.29 is 9.18 Å². The summed E-state index contributed by atoms with van der Waals surface area (Å²) in [6, 6.07) is 13.7. The van der Waals surface area contributed by atoms with Crippen LogP contribution in [-0.4, -0.2) is 22.9 Å². The van der Waals surface area contributed by atoms with Crippen molar-refractivity contribution in [3.63, 3.8) is 0 Å². The molecule has 0 saturated heterocycles. The van der Waals surface area contributed by atoms with Gasteiger partial charge in [-0.25, -0.2) is 9.37 Å². The number of halogens is 1. The Hall–Kier alpha value is -3.32. The minimum atomic E-state index is -0.338. The Bertz CT molecular complexity index is 1160. The van der Waals surface area contributed by atoms with Gasteiger partial charge in [0.25, 0.3) is 5.91 Å². The van der Waals surface area contributed by atoms with Gasteiger partial charge in [-0.2, -0.15) is 0 Å². The van der Waals surface area contributed by atoms with Crippen molar-refractivity contribution in [3.05, 3.63) is 82.1 Å². The topological polar surface area (TPSA) is 69.8 Å². The number of imidazole rings is 1. The fraction of sp³-hybridized carbons (Fsp3) is 0.167. The highest BCUT2D eigenvalue weighted by molar-refractivity contribution is 8.05. The number of rotatable bonds is 5. The summed E-state index contributed by atoms with van der Waals surface area (Å²) in [5.41, 5.74) is 4.40. The monoisotopic (exact) mass is 434 g/mol. The number of nitrogens with one attached hydrogen (secondary N) is 3. The lowest BCUT2D eigenvalue weighted by Gasteiger charge is -2.10. The average molecular weight is 435 g/mol. The molecule has 0 aliphatic carbocycles. The number of carbonyl (C=O) groups excluding carboxylic acids is 1. The van der Waals surface area contributed by atoms with E-state index < -0.39 is 0 Å². The van der Waals surface area contributed by atoms with Crippen molar-refractivity contribution in [2.45, 2.75) is 19.8 Å². The highest BCUT2D eigenvalue weighted by atomic mass is 32.2. The van der Waals surface area contributed by atoms with Crippen LogP contribution in [0, 0.1) is 5.82 Å². The molecule has 1 aliphatic heterocycles. The molecular formula is C24H23FN4OS. The summed E-state index contributed by atoms with van der Waals surface area (Å²) in [6.07, 6.45) is 3.95. The normalized spacial score (nSPS) is 13.8. The highest BCUT2D eigenvalue weighted by Gasteiger charge is 2.21. The lowest BCUT2D eigenvalue weighted by molar-refractivity contribution is 0.0964. The molecule has 31 heavy (non-hydrogen) atoms. The predicted octanol–water partition coefficient (Wildman–Crippen LogP) is 5.93. The molecule has 2 heterocycles. The van der Waals surface area contributed by atoms with Gasteiger partial charge in [0.2, 0.25) is 0 Å². The Kier molecular flexibility index (Phi) is 6.23. The molecule has 0 spiro atoms. The van der Waals surface area contributed by atoms with Crippen LogP contribution in [-0.2, 0) is 0 Å². The van der Waals surface area contributed by atoms with E-state index in [2.05, 4.69) is 21.7 Å². The second kappa shape index (κ2) is 9.22. The minimum Gasteiger partial charge on any atom is -0.388 e. The van der Waals surface area contributed by atoms with Crippen molar-refractivity contribution in [1.82, 2.24) is 15.3 Å². The number of thioether (sulfide) groups is 1. The standard InChI is InChI=1S/C24H23FN4OS/c1-15-6-3-4-13-31-24(15)29-23(30)21-20(16-9-11-18(25)12-10-16)27-22(28-21)17-7-5-8-19(14-17)26-2/h4-5,7-14,26H,3,6H2,1-2H3,(H,27,28)(H,29,30). The molecule has 7 heteroatoms. The number of aromatic amines is 1. The number of hydrogen-bond donors (Lipinski definition) is 3. The molecule has 3 aromatic rings. The van der Waals surface area contributed by atoms with E-state index in [-0.39, 0.29) is 11.7 Å². The van der Waals surface area contributed by atoms with Crippen LogP contribution in [0.3, 0.4) is 0 Å². The van der Waals surface area contributed by atoms with Crippen LogP contribution in [0.2, 0.25) is 0 Å². The van der Waals surface area contributed by atoms with Crippen molar-refractivity contribution >= 4 is 23.4 Å². The molecule has 2 aromatic carbocycles. The Morgan fingerprint density at radius 3 is 2.74 bits per heavy atom. The number of amides is 1. The zero-order valence-electron chi connectivity index (χ0n) is 17.3. The summed E-state index contributed by atoms with van der Waals surface area (Å²) in [4.78, 5) is 21.2. The van der Waals surface area contributed by atoms with Crippen LogP contribution in [0.5, 0.6) is 0 Å². The SMILES string of the molecule is CNc1cccc(-c2nc(-c3ccc(F)cc3)c(C(=O)NC3=C(C)CCC=CS3)[nH]2)c1. The third-order valence-electron chi connectivity index (χ3n) is 5.06. The number of hydrogen-bond acceptors (Lipinski definition) is 4. The Morgan fingerprint density at radius 1 is 1.16 bits per heavy atom. The van der Waals surface area contributed by atoms with Gasteiger partial charge in [0.05, 0.1) is 5.03 Å². The van der Waals surface area contributed by atoms with E-state index in [9.17, 15) is 9.18 Å². The molecule has 1 aromatic heterocycles. The lowest BCUT2D eigenvalue weighted by Crippen LogP contribution is -2.23.